The van der Waals surface area contributed by atoms with Crippen LogP contribution >= 0.6 is 0 Å². The average molecular weight is 222 g/mol. The van der Waals surface area contributed by atoms with E-state index in [9.17, 15) is 14.0 Å². The van der Waals surface area contributed by atoms with Crippen LogP contribution in [0, 0.1) is 0 Å². The van der Waals surface area contributed by atoms with Crippen molar-refractivity contribution in [2.24, 2.45) is 0 Å². The maximum Gasteiger partial charge on any atom is 0.367 e. The molecular formula is C12H11FO3. The minimum absolute atomic E-state index is 0.129. The summed E-state index contributed by atoms with van der Waals surface area (Å²) in [6.45, 7) is 1.73. The van der Waals surface area contributed by atoms with Crippen molar-refractivity contribution in [2.75, 3.05) is 6.61 Å². The molecule has 1 aromatic rings. The first-order chi connectivity index (χ1) is 7.67. The Hall–Kier alpha value is -1.97. The van der Waals surface area contributed by atoms with E-state index in [4.69, 9.17) is 0 Å². The molecule has 16 heavy (non-hydrogen) atoms. The van der Waals surface area contributed by atoms with Crippen LogP contribution in [0.1, 0.15) is 22.8 Å². The molecule has 0 aromatic heterocycles. The molecule has 0 amide bonds. The van der Waals surface area contributed by atoms with Gasteiger partial charge in [-0.05, 0) is 18.6 Å². The van der Waals surface area contributed by atoms with Crippen molar-refractivity contribution in [3.05, 3.63) is 41.2 Å². The molecule has 0 aliphatic carbocycles. The van der Waals surface area contributed by atoms with Gasteiger partial charge in [-0.2, -0.15) is 4.39 Å². The van der Waals surface area contributed by atoms with Crippen molar-refractivity contribution in [3.8, 4) is 0 Å². The van der Waals surface area contributed by atoms with Gasteiger partial charge in [-0.15, -0.1) is 0 Å². The van der Waals surface area contributed by atoms with Crippen molar-refractivity contribution >= 4 is 18.3 Å². The number of halogens is 1. The number of hydrogen-bond acceptors (Lipinski definition) is 3. The number of esters is 1. The second-order valence-corrected chi connectivity index (χ2v) is 3.00. The molecule has 0 aliphatic heterocycles. The molecule has 0 atom stereocenters. The lowest BCUT2D eigenvalue weighted by Gasteiger charge is -1.98. The van der Waals surface area contributed by atoms with Crippen LogP contribution in [0.2, 0.25) is 0 Å². The fraction of sp³-hybridized carbons (Fsp3) is 0.167. The fourth-order valence-electron chi connectivity index (χ4n) is 1.08. The van der Waals surface area contributed by atoms with E-state index in [1.807, 2.05) is 0 Å². The Morgan fingerprint density at radius 1 is 1.31 bits per heavy atom. The van der Waals surface area contributed by atoms with Crippen LogP contribution in [-0.4, -0.2) is 18.9 Å². The predicted octanol–water partition coefficient (Wildman–Crippen LogP) is 2.37. The van der Waals surface area contributed by atoms with Crippen LogP contribution in [0.3, 0.4) is 0 Å². The van der Waals surface area contributed by atoms with E-state index in [2.05, 4.69) is 4.74 Å². The minimum atomic E-state index is -0.984. The van der Waals surface area contributed by atoms with Crippen LogP contribution < -0.4 is 0 Å². The molecule has 3 nitrogen and oxygen atoms in total. The Balaban J connectivity index is 2.81. The lowest BCUT2D eigenvalue weighted by molar-refractivity contribution is -0.140. The number of carbonyl (C=O) groups is 2. The SMILES string of the molecule is CCOC(=O)/C(F)=C/c1ccc(C=O)cc1. The maximum absolute atomic E-state index is 13.2. The van der Waals surface area contributed by atoms with Gasteiger partial charge in [0.05, 0.1) is 6.61 Å². The highest BCUT2D eigenvalue weighted by molar-refractivity contribution is 5.91. The molecule has 0 saturated heterocycles. The van der Waals surface area contributed by atoms with Gasteiger partial charge in [0.2, 0.25) is 5.83 Å². The van der Waals surface area contributed by atoms with Crippen LogP contribution in [0.25, 0.3) is 6.08 Å². The molecule has 0 heterocycles. The van der Waals surface area contributed by atoms with E-state index >= 15 is 0 Å². The van der Waals surface area contributed by atoms with Gasteiger partial charge >= 0.3 is 5.97 Å². The first kappa shape index (κ1) is 12.1. The highest BCUT2D eigenvalue weighted by Crippen LogP contribution is 2.10. The third-order valence-electron chi connectivity index (χ3n) is 1.84. The molecule has 4 heteroatoms. The summed E-state index contributed by atoms with van der Waals surface area (Å²) in [5.74, 6) is -1.94. The third kappa shape index (κ3) is 3.31. The molecule has 0 aliphatic rings. The summed E-state index contributed by atoms with van der Waals surface area (Å²) >= 11 is 0. The zero-order chi connectivity index (χ0) is 12.0. The first-order valence-electron chi connectivity index (χ1n) is 4.77. The summed E-state index contributed by atoms with van der Waals surface area (Å²) < 4.78 is 17.7. The summed E-state index contributed by atoms with van der Waals surface area (Å²) in [7, 11) is 0. The summed E-state index contributed by atoms with van der Waals surface area (Å²) in [4.78, 5) is 21.3. The van der Waals surface area contributed by atoms with Crippen molar-refractivity contribution in [1.82, 2.24) is 0 Å². The van der Waals surface area contributed by atoms with Gasteiger partial charge in [-0.25, -0.2) is 4.79 Å². The monoisotopic (exact) mass is 222 g/mol. The van der Waals surface area contributed by atoms with E-state index in [-0.39, 0.29) is 6.61 Å². The third-order valence-corrected chi connectivity index (χ3v) is 1.84. The highest BCUT2D eigenvalue weighted by atomic mass is 19.1. The standard InChI is InChI=1S/C12H11FO3/c1-2-16-12(15)11(13)7-9-3-5-10(8-14)6-4-9/h3-8H,2H2,1H3/b11-7-. The normalized spacial score (nSPS) is 11.0. The quantitative estimate of drug-likeness (QED) is 0.446. The molecule has 0 saturated carbocycles. The molecule has 0 fully saturated rings. The van der Waals surface area contributed by atoms with Crippen LogP contribution in [-0.2, 0) is 9.53 Å². The predicted molar refractivity (Wildman–Crippen MR) is 57.5 cm³/mol. The maximum atomic E-state index is 13.2. The Morgan fingerprint density at radius 3 is 2.38 bits per heavy atom. The Kier molecular flexibility index (Phi) is 4.39. The van der Waals surface area contributed by atoms with Crippen molar-refractivity contribution in [2.45, 2.75) is 6.92 Å². The first-order valence-corrected chi connectivity index (χ1v) is 4.77. The second-order valence-electron chi connectivity index (χ2n) is 3.00. The van der Waals surface area contributed by atoms with E-state index in [1.165, 1.54) is 12.1 Å². The fourth-order valence-corrected chi connectivity index (χ4v) is 1.08. The van der Waals surface area contributed by atoms with Crippen molar-refractivity contribution in [3.63, 3.8) is 0 Å². The van der Waals surface area contributed by atoms with Crippen molar-refractivity contribution < 1.29 is 18.7 Å². The van der Waals surface area contributed by atoms with Crippen LogP contribution in [0.15, 0.2) is 30.1 Å². The molecule has 0 N–H and O–H groups in total. The number of hydrogen-bond donors (Lipinski definition) is 0. The van der Waals surface area contributed by atoms with Gasteiger partial charge in [0.15, 0.2) is 0 Å². The molecular weight excluding hydrogens is 211 g/mol. The molecule has 0 bridgehead atoms. The van der Waals surface area contributed by atoms with Gasteiger partial charge in [-0.1, -0.05) is 24.3 Å². The summed E-state index contributed by atoms with van der Waals surface area (Å²) in [5, 5.41) is 0. The molecule has 1 aromatic carbocycles. The van der Waals surface area contributed by atoms with Crippen LogP contribution in [0.5, 0.6) is 0 Å². The second kappa shape index (κ2) is 5.80. The zero-order valence-electron chi connectivity index (χ0n) is 8.77. The molecule has 0 radical (unpaired) electrons. The lowest BCUT2D eigenvalue weighted by Crippen LogP contribution is -2.03. The van der Waals surface area contributed by atoms with E-state index in [0.29, 0.717) is 17.4 Å². The number of aldehydes is 1. The average Bonchev–Trinajstić information content (AvgIpc) is 2.30. The zero-order valence-corrected chi connectivity index (χ0v) is 8.77. The smallest absolute Gasteiger partial charge is 0.367 e. The number of rotatable bonds is 4. The lowest BCUT2D eigenvalue weighted by atomic mass is 10.1. The van der Waals surface area contributed by atoms with Gasteiger partial charge in [0.25, 0.3) is 0 Å². The van der Waals surface area contributed by atoms with Crippen LogP contribution in [0.4, 0.5) is 4.39 Å². The topological polar surface area (TPSA) is 43.4 Å². The Labute approximate surface area is 92.5 Å². The van der Waals surface area contributed by atoms with Gasteiger partial charge in [0, 0.05) is 5.56 Å². The van der Waals surface area contributed by atoms with E-state index in [1.54, 1.807) is 19.1 Å². The summed E-state index contributed by atoms with van der Waals surface area (Å²) in [6, 6.07) is 6.17. The number of ether oxygens (including phenoxy) is 1. The van der Waals surface area contributed by atoms with Gasteiger partial charge in [-0.3, -0.25) is 4.79 Å². The molecule has 0 unspecified atom stereocenters. The van der Waals surface area contributed by atoms with E-state index < -0.39 is 11.8 Å². The summed E-state index contributed by atoms with van der Waals surface area (Å²) in [6.07, 6.45) is 1.75. The number of benzene rings is 1. The Bertz CT molecular complexity index is 407. The number of carbonyl (C=O) groups excluding carboxylic acids is 2. The molecule has 1 rings (SSSR count). The van der Waals surface area contributed by atoms with Crippen molar-refractivity contribution in [1.29, 1.82) is 0 Å². The van der Waals surface area contributed by atoms with Gasteiger partial charge in [0.1, 0.15) is 6.29 Å². The Morgan fingerprint density at radius 2 is 1.88 bits per heavy atom. The minimum Gasteiger partial charge on any atom is -0.461 e. The largest absolute Gasteiger partial charge is 0.461 e. The molecule has 84 valence electrons. The van der Waals surface area contributed by atoms with E-state index in [0.717, 1.165) is 6.08 Å². The van der Waals surface area contributed by atoms with Gasteiger partial charge < -0.3 is 4.74 Å². The molecule has 0 spiro atoms. The summed E-state index contributed by atoms with van der Waals surface area (Å²) in [5.41, 5.74) is 0.991. The highest BCUT2D eigenvalue weighted by Gasteiger charge is 2.08.